The molecule has 0 bridgehead atoms. The van der Waals surface area contributed by atoms with Gasteiger partial charge in [0.05, 0.1) is 12.2 Å². The van der Waals surface area contributed by atoms with Crippen molar-refractivity contribution in [1.29, 1.82) is 5.26 Å². The predicted octanol–water partition coefficient (Wildman–Crippen LogP) is 0.809. The van der Waals surface area contributed by atoms with Crippen molar-refractivity contribution in [2.45, 2.75) is 20.8 Å². The molecule has 104 valence electrons. The lowest BCUT2D eigenvalue weighted by Crippen LogP contribution is -2.37. The topological polar surface area (TPSA) is 74.0 Å². The number of nitriles is 1. The quantitative estimate of drug-likeness (QED) is 0.853. The van der Waals surface area contributed by atoms with Crippen LogP contribution in [0.3, 0.4) is 0 Å². The van der Waals surface area contributed by atoms with Gasteiger partial charge in [0.15, 0.2) is 0 Å². The van der Waals surface area contributed by atoms with Gasteiger partial charge in [-0.2, -0.15) is 10.4 Å². The first kappa shape index (κ1) is 15.0. The van der Waals surface area contributed by atoms with E-state index < -0.39 is 0 Å². The summed E-state index contributed by atoms with van der Waals surface area (Å²) in [7, 11) is 3.55. The van der Waals surface area contributed by atoms with Gasteiger partial charge in [0, 0.05) is 20.6 Å². The van der Waals surface area contributed by atoms with Gasteiger partial charge in [-0.3, -0.25) is 9.48 Å². The summed E-state index contributed by atoms with van der Waals surface area (Å²) >= 11 is 0. The average molecular weight is 263 g/mol. The number of carbonyl (C=O) groups is 1. The van der Waals surface area contributed by atoms with Crippen molar-refractivity contribution < 1.29 is 4.79 Å². The molecule has 0 aliphatic carbocycles. The molecule has 1 N–H and O–H groups in total. The van der Waals surface area contributed by atoms with Crippen molar-refractivity contribution in [2.75, 3.05) is 25.0 Å². The lowest BCUT2D eigenvalue weighted by Gasteiger charge is -2.19. The maximum Gasteiger partial charge on any atom is 0.239 e. The van der Waals surface area contributed by atoms with E-state index in [4.69, 9.17) is 5.26 Å². The largest absolute Gasteiger partial charge is 0.354 e. The van der Waals surface area contributed by atoms with Crippen LogP contribution in [-0.2, 0) is 11.8 Å². The number of aryl methyl sites for hydroxylation is 2. The fourth-order valence-electron chi connectivity index (χ4n) is 1.88. The third kappa shape index (κ3) is 3.71. The highest BCUT2D eigenvalue weighted by molar-refractivity contribution is 5.81. The van der Waals surface area contributed by atoms with Crippen LogP contribution in [0.15, 0.2) is 0 Å². The minimum absolute atomic E-state index is 0.0565. The van der Waals surface area contributed by atoms with E-state index in [1.54, 1.807) is 30.6 Å². The number of nitrogens with zero attached hydrogens (tertiary/aromatic N) is 4. The zero-order chi connectivity index (χ0) is 14.6. The van der Waals surface area contributed by atoms with Crippen LogP contribution in [0, 0.1) is 24.2 Å². The molecule has 0 aromatic carbocycles. The Balaban J connectivity index is 2.76. The van der Waals surface area contributed by atoms with Gasteiger partial charge in [-0.05, 0) is 12.8 Å². The van der Waals surface area contributed by atoms with Crippen molar-refractivity contribution in [3.8, 4) is 6.07 Å². The molecule has 1 aromatic heterocycles. The van der Waals surface area contributed by atoms with Crippen molar-refractivity contribution in [2.24, 2.45) is 13.0 Å². The van der Waals surface area contributed by atoms with E-state index in [-0.39, 0.29) is 12.5 Å². The standard InChI is InChI=1S/C13H21N5O/c1-9(2)7-15-12(19)8-17(4)13-11(6-14)10(3)16-18(13)5/h9H,7-8H2,1-5H3,(H,15,19). The summed E-state index contributed by atoms with van der Waals surface area (Å²) in [5.74, 6) is 1.03. The number of hydrogen-bond donors (Lipinski definition) is 1. The molecule has 1 rings (SSSR count). The smallest absolute Gasteiger partial charge is 0.239 e. The fourth-order valence-corrected chi connectivity index (χ4v) is 1.88. The first-order valence-electron chi connectivity index (χ1n) is 6.28. The fraction of sp³-hybridized carbons (Fsp3) is 0.615. The number of amides is 1. The molecule has 0 aliphatic rings. The lowest BCUT2D eigenvalue weighted by molar-refractivity contribution is -0.119. The second-order valence-corrected chi connectivity index (χ2v) is 5.07. The Hall–Kier alpha value is -2.03. The highest BCUT2D eigenvalue weighted by Crippen LogP contribution is 2.20. The summed E-state index contributed by atoms with van der Waals surface area (Å²) in [6.45, 7) is 6.74. The Morgan fingerprint density at radius 3 is 2.74 bits per heavy atom. The van der Waals surface area contributed by atoms with E-state index in [2.05, 4.69) is 16.5 Å². The van der Waals surface area contributed by atoms with Gasteiger partial charge in [-0.15, -0.1) is 0 Å². The number of likely N-dealkylation sites (N-methyl/N-ethyl adjacent to an activating group) is 1. The highest BCUT2D eigenvalue weighted by Gasteiger charge is 2.18. The van der Waals surface area contributed by atoms with Crippen LogP contribution < -0.4 is 10.2 Å². The molecule has 0 spiro atoms. The average Bonchev–Trinajstić information content (AvgIpc) is 2.60. The minimum atomic E-state index is -0.0565. The van der Waals surface area contributed by atoms with E-state index in [0.29, 0.717) is 29.5 Å². The first-order chi connectivity index (χ1) is 8.86. The van der Waals surface area contributed by atoms with Crippen LogP contribution in [0.4, 0.5) is 5.82 Å². The molecule has 6 heteroatoms. The SMILES string of the molecule is Cc1nn(C)c(N(C)CC(=O)NCC(C)C)c1C#N. The summed E-state index contributed by atoms with van der Waals surface area (Å²) in [6.07, 6.45) is 0. The summed E-state index contributed by atoms with van der Waals surface area (Å²) in [4.78, 5) is 13.5. The number of nitrogens with one attached hydrogen (secondary N) is 1. The van der Waals surface area contributed by atoms with Crippen LogP contribution in [0.5, 0.6) is 0 Å². The predicted molar refractivity (Wildman–Crippen MR) is 73.8 cm³/mol. The van der Waals surface area contributed by atoms with Gasteiger partial charge in [-0.25, -0.2) is 0 Å². The number of carbonyl (C=O) groups excluding carboxylic acids is 1. The maximum absolute atomic E-state index is 11.8. The van der Waals surface area contributed by atoms with Crippen LogP contribution in [-0.4, -0.2) is 35.8 Å². The second-order valence-electron chi connectivity index (χ2n) is 5.07. The van der Waals surface area contributed by atoms with Gasteiger partial charge in [0.25, 0.3) is 0 Å². The molecule has 1 heterocycles. The van der Waals surface area contributed by atoms with Crippen LogP contribution in [0.25, 0.3) is 0 Å². The third-order valence-corrected chi connectivity index (χ3v) is 2.75. The summed E-state index contributed by atoms with van der Waals surface area (Å²) in [6, 6.07) is 2.13. The van der Waals surface area contributed by atoms with E-state index in [0.717, 1.165) is 0 Å². The number of rotatable bonds is 5. The number of aromatic nitrogens is 2. The highest BCUT2D eigenvalue weighted by atomic mass is 16.2. The van der Waals surface area contributed by atoms with E-state index in [1.165, 1.54) is 0 Å². The van der Waals surface area contributed by atoms with Gasteiger partial charge < -0.3 is 10.2 Å². The lowest BCUT2D eigenvalue weighted by atomic mass is 10.2. The molecule has 0 radical (unpaired) electrons. The molecule has 0 fully saturated rings. The molecular weight excluding hydrogens is 242 g/mol. The Morgan fingerprint density at radius 2 is 2.21 bits per heavy atom. The van der Waals surface area contributed by atoms with Gasteiger partial charge in [0.2, 0.25) is 5.91 Å². The molecule has 19 heavy (non-hydrogen) atoms. The van der Waals surface area contributed by atoms with Crippen LogP contribution in [0.2, 0.25) is 0 Å². The van der Waals surface area contributed by atoms with E-state index >= 15 is 0 Å². The summed E-state index contributed by atoms with van der Waals surface area (Å²) < 4.78 is 1.63. The molecule has 0 saturated carbocycles. The zero-order valence-electron chi connectivity index (χ0n) is 12.2. The first-order valence-corrected chi connectivity index (χ1v) is 6.28. The van der Waals surface area contributed by atoms with Crippen LogP contribution in [0.1, 0.15) is 25.1 Å². The number of hydrogen-bond acceptors (Lipinski definition) is 4. The van der Waals surface area contributed by atoms with E-state index in [9.17, 15) is 4.79 Å². The van der Waals surface area contributed by atoms with Crippen molar-refractivity contribution in [3.63, 3.8) is 0 Å². The molecule has 1 aromatic rings. The normalized spacial score (nSPS) is 10.4. The molecule has 1 amide bonds. The Kier molecular flexibility index (Phi) is 4.93. The minimum Gasteiger partial charge on any atom is -0.354 e. The van der Waals surface area contributed by atoms with Gasteiger partial charge in [0.1, 0.15) is 17.5 Å². The van der Waals surface area contributed by atoms with Gasteiger partial charge in [-0.1, -0.05) is 13.8 Å². The summed E-state index contributed by atoms with van der Waals surface area (Å²) in [5, 5.41) is 16.2. The molecular formula is C13H21N5O. The molecule has 0 aliphatic heterocycles. The molecule has 6 nitrogen and oxygen atoms in total. The van der Waals surface area contributed by atoms with Crippen molar-refractivity contribution in [1.82, 2.24) is 15.1 Å². The zero-order valence-corrected chi connectivity index (χ0v) is 12.2. The molecule has 0 saturated heterocycles. The maximum atomic E-state index is 11.8. The summed E-state index contributed by atoms with van der Waals surface area (Å²) in [5.41, 5.74) is 1.19. The second kappa shape index (κ2) is 6.23. The Bertz CT molecular complexity index is 498. The molecule has 0 atom stereocenters. The van der Waals surface area contributed by atoms with Gasteiger partial charge >= 0.3 is 0 Å². The molecule has 0 unspecified atom stereocenters. The third-order valence-electron chi connectivity index (χ3n) is 2.75. The monoisotopic (exact) mass is 263 g/mol. The van der Waals surface area contributed by atoms with Crippen molar-refractivity contribution >= 4 is 11.7 Å². The Morgan fingerprint density at radius 1 is 1.58 bits per heavy atom. The van der Waals surface area contributed by atoms with Crippen molar-refractivity contribution in [3.05, 3.63) is 11.3 Å². The van der Waals surface area contributed by atoms with E-state index in [1.807, 2.05) is 13.8 Å². The Labute approximate surface area is 114 Å². The number of anilines is 1. The van der Waals surface area contributed by atoms with Crippen LogP contribution >= 0.6 is 0 Å².